The minimum atomic E-state index is -5.39. The topological polar surface area (TPSA) is 104 Å². The van der Waals surface area contributed by atoms with E-state index in [1.807, 2.05) is 0 Å². The summed E-state index contributed by atoms with van der Waals surface area (Å²) in [6, 6.07) is 12.1. The predicted octanol–water partition coefficient (Wildman–Crippen LogP) is 9.47. The first-order valence-electron chi connectivity index (χ1n) is 18.1. The van der Waals surface area contributed by atoms with Gasteiger partial charge in [-0.15, -0.1) is 23.2 Å². The van der Waals surface area contributed by atoms with E-state index in [1.165, 1.54) is 12.1 Å². The monoisotopic (exact) mass is 918 g/mol. The van der Waals surface area contributed by atoms with Gasteiger partial charge < -0.3 is 9.84 Å². The van der Waals surface area contributed by atoms with Crippen molar-refractivity contribution in [2.24, 2.45) is 17.8 Å². The Morgan fingerprint density at radius 1 is 0.710 bits per heavy atom. The van der Waals surface area contributed by atoms with Gasteiger partial charge in [-0.1, -0.05) is 48.0 Å². The summed E-state index contributed by atoms with van der Waals surface area (Å²) in [6.07, 6.45) is -11.1. The van der Waals surface area contributed by atoms with Crippen LogP contribution < -0.4 is 14.5 Å². The van der Waals surface area contributed by atoms with Crippen LogP contribution in [0.25, 0.3) is 0 Å². The van der Waals surface area contributed by atoms with E-state index in [2.05, 4.69) is 0 Å². The average molecular weight is 920 g/mol. The number of imide groups is 2. The highest BCUT2D eigenvalue weighted by molar-refractivity contribution is 6.58. The summed E-state index contributed by atoms with van der Waals surface area (Å²) in [5, 5.41) is 11.5. The molecule has 2 heterocycles. The Hall–Kier alpha value is -5.69. The number of ether oxygens (including phenoxy) is 1. The molecule has 1 saturated carbocycles. The van der Waals surface area contributed by atoms with E-state index >= 15 is 8.78 Å². The van der Waals surface area contributed by atoms with E-state index in [9.17, 15) is 63.8 Å². The molecule has 0 unspecified atom stereocenters. The second-order valence-corrected chi connectivity index (χ2v) is 16.2. The maximum absolute atomic E-state index is 15.4. The minimum Gasteiger partial charge on any atom is -0.508 e. The predicted molar refractivity (Wildman–Crippen MR) is 194 cm³/mol. The van der Waals surface area contributed by atoms with Gasteiger partial charge in [-0.05, 0) is 48.6 Å². The zero-order valence-corrected chi connectivity index (χ0v) is 32.2. The van der Waals surface area contributed by atoms with Crippen molar-refractivity contribution in [1.29, 1.82) is 0 Å². The van der Waals surface area contributed by atoms with Gasteiger partial charge in [0, 0.05) is 17.5 Å². The Morgan fingerprint density at radius 2 is 1.29 bits per heavy atom. The molecular weight excluding hydrogens is 896 g/mol. The fourth-order valence-electron chi connectivity index (χ4n) is 8.83. The van der Waals surface area contributed by atoms with Gasteiger partial charge in [0.15, 0.2) is 33.0 Å². The number of carbonyl (C=O) groups excluding carboxylic acids is 4. The molecule has 4 aromatic carbocycles. The quantitative estimate of drug-likeness (QED) is 0.0517. The molecule has 62 heavy (non-hydrogen) atoms. The van der Waals surface area contributed by atoms with Gasteiger partial charge in [-0.3, -0.25) is 19.2 Å². The molecule has 0 spiro atoms. The lowest BCUT2D eigenvalue weighted by molar-refractivity contribution is -0.143. The molecule has 6 atom stereocenters. The molecule has 4 aliphatic rings. The van der Waals surface area contributed by atoms with Crippen molar-refractivity contribution in [3.8, 4) is 11.5 Å². The van der Waals surface area contributed by atoms with Crippen LogP contribution in [-0.2, 0) is 38.1 Å². The van der Waals surface area contributed by atoms with Gasteiger partial charge in [0.2, 0.25) is 17.6 Å². The summed E-state index contributed by atoms with van der Waals surface area (Å²) >= 11 is 14.1. The number of phenols is 1. The number of phenolic OH excluding ortho intramolecular Hbond substituents is 1. The average Bonchev–Trinajstić information content (AvgIpc) is 3.56. The summed E-state index contributed by atoms with van der Waals surface area (Å²) in [5.74, 6) is -27.1. The molecule has 324 valence electrons. The third kappa shape index (κ3) is 6.24. The van der Waals surface area contributed by atoms with Crippen LogP contribution in [-0.4, -0.2) is 38.5 Å². The van der Waals surface area contributed by atoms with Crippen molar-refractivity contribution in [3.05, 3.63) is 130 Å². The van der Waals surface area contributed by atoms with Crippen molar-refractivity contribution >= 4 is 58.2 Å². The summed E-state index contributed by atoms with van der Waals surface area (Å²) < 4.78 is 163. The van der Waals surface area contributed by atoms with Crippen LogP contribution in [0.1, 0.15) is 41.0 Å². The second-order valence-electron chi connectivity index (χ2n) is 15.0. The van der Waals surface area contributed by atoms with Crippen LogP contribution >= 0.6 is 23.2 Å². The highest BCUT2D eigenvalue weighted by Crippen LogP contribution is 2.67. The van der Waals surface area contributed by atoms with Crippen molar-refractivity contribution < 1.29 is 77.3 Å². The molecule has 3 fully saturated rings. The van der Waals surface area contributed by atoms with Crippen molar-refractivity contribution in [3.63, 3.8) is 0 Å². The normalized spacial score (nSPS) is 26.1. The van der Waals surface area contributed by atoms with Crippen LogP contribution in [0.5, 0.6) is 11.5 Å². The number of amides is 4. The molecule has 4 aromatic rings. The number of aromatic hydroxyl groups is 1. The van der Waals surface area contributed by atoms with Crippen LogP contribution in [0.15, 0.2) is 78.4 Å². The molecule has 0 radical (unpaired) electrons. The lowest BCUT2D eigenvalue weighted by atomic mass is 9.56. The van der Waals surface area contributed by atoms with Gasteiger partial charge >= 0.3 is 12.4 Å². The third-order valence-corrected chi connectivity index (χ3v) is 13.0. The number of rotatable bonds is 6. The lowest BCUT2D eigenvalue weighted by Crippen LogP contribution is -2.60. The first-order chi connectivity index (χ1) is 28.9. The highest BCUT2D eigenvalue weighted by Gasteiger charge is 2.77. The van der Waals surface area contributed by atoms with Gasteiger partial charge in [-0.2, -0.15) is 26.3 Å². The number of carbonyl (C=O) groups is 4. The number of alkyl halides is 8. The molecule has 0 aromatic heterocycles. The Bertz CT molecular complexity index is 2600. The Morgan fingerprint density at radius 3 is 1.85 bits per heavy atom. The van der Waals surface area contributed by atoms with Crippen molar-refractivity contribution in [1.82, 2.24) is 0 Å². The maximum Gasteiger partial charge on any atom is 0.416 e. The standard InChI is InChI=1S/C41H23Cl2F11N2O6/c42-38-14-24-21(8-9-23-26(24)35(59)55(34(23)58)19-11-17(40(49,50)51)10-18(12-19)41(52,53)54)27(22-7-6-20(13-25(22)57)62-15-16-4-2-1-3-5-16)39(38,43)37(61)56(36(38)60)33-31(47)29(45)28(44)30(46)32(33)48/h1-8,10-13,23-24,26-27,57H,9,14-15H2/t23-,24+,26-,27+,38+,39-/m0/s1. The number of benzene rings is 4. The van der Waals surface area contributed by atoms with Gasteiger partial charge in [0.05, 0.1) is 28.7 Å². The molecule has 2 aliphatic heterocycles. The number of anilines is 2. The van der Waals surface area contributed by atoms with Gasteiger partial charge in [0.1, 0.15) is 23.8 Å². The molecule has 8 rings (SSSR count). The molecule has 0 bridgehead atoms. The van der Waals surface area contributed by atoms with E-state index in [0.29, 0.717) is 5.56 Å². The van der Waals surface area contributed by atoms with Crippen LogP contribution in [0.4, 0.5) is 59.7 Å². The van der Waals surface area contributed by atoms with E-state index in [-0.39, 0.29) is 46.6 Å². The number of hydrogen-bond donors (Lipinski definition) is 1. The summed E-state index contributed by atoms with van der Waals surface area (Å²) in [6.45, 7) is -0.0313. The highest BCUT2D eigenvalue weighted by atomic mass is 35.5. The number of fused-ring (bicyclic) bond motifs is 4. The fraction of sp³-hybridized carbons (Fsp3) is 0.268. The zero-order chi connectivity index (χ0) is 45.2. The minimum absolute atomic E-state index is 0.00397. The Labute approximate surface area is 351 Å². The Balaban J connectivity index is 1.28. The zero-order valence-electron chi connectivity index (χ0n) is 30.7. The van der Waals surface area contributed by atoms with E-state index < -0.39 is 144 Å². The summed E-state index contributed by atoms with van der Waals surface area (Å²) in [5.41, 5.74) is -6.77. The largest absolute Gasteiger partial charge is 0.508 e. The fourth-order valence-corrected chi connectivity index (χ4v) is 9.76. The van der Waals surface area contributed by atoms with Crippen LogP contribution in [0, 0.1) is 46.8 Å². The molecular formula is C41H23Cl2F11N2O6. The lowest BCUT2D eigenvalue weighted by Gasteiger charge is -2.50. The smallest absolute Gasteiger partial charge is 0.416 e. The molecule has 1 N–H and O–H groups in total. The van der Waals surface area contributed by atoms with Crippen molar-refractivity contribution in [2.75, 3.05) is 9.80 Å². The summed E-state index contributed by atoms with van der Waals surface area (Å²) in [4.78, 5) is 50.8. The van der Waals surface area contributed by atoms with Crippen molar-refractivity contribution in [2.45, 2.75) is 47.5 Å². The number of halogens is 13. The number of allylic oxidation sites excluding steroid dienone is 2. The third-order valence-electron chi connectivity index (χ3n) is 11.6. The summed E-state index contributed by atoms with van der Waals surface area (Å²) in [7, 11) is 0. The second kappa shape index (κ2) is 14.4. The van der Waals surface area contributed by atoms with E-state index in [0.717, 1.165) is 12.1 Å². The molecule has 2 saturated heterocycles. The van der Waals surface area contributed by atoms with Crippen LogP contribution in [0.3, 0.4) is 0 Å². The van der Waals surface area contributed by atoms with E-state index in [4.69, 9.17) is 27.9 Å². The molecule has 21 heteroatoms. The molecule has 8 nitrogen and oxygen atoms in total. The first kappa shape index (κ1) is 43.0. The number of nitrogens with zero attached hydrogens (tertiary/aromatic N) is 2. The Kier molecular flexibility index (Phi) is 10.0. The van der Waals surface area contributed by atoms with Crippen LogP contribution in [0.2, 0.25) is 0 Å². The number of hydrogen-bond acceptors (Lipinski definition) is 6. The van der Waals surface area contributed by atoms with Gasteiger partial charge in [-0.25, -0.2) is 31.8 Å². The SMILES string of the molecule is O=C1[C@H]2[C@H](CC=C3[C@H]2C[C@@]2(Cl)C(=O)N(c4c(F)c(F)c(F)c(F)c4F)C(=O)[C@@]2(Cl)[C@H]3c2ccc(OCc3ccccc3)cc2O)C(=O)N1c1cc(C(F)(F)F)cc(C(F)(F)F)c1. The maximum atomic E-state index is 15.4. The molecule has 2 aliphatic carbocycles. The molecule has 4 amide bonds. The van der Waals surface area contributed by atoms with E-state index in [1.54, 1.807) is 30.3 Å². The van der Waals surface area contributed by atoms with Gasteiger partial charge in [0.25, 0.3) is 11.8 Å². The first-order valence-corrected chi connectivity index (χ1v) is 18.8.